The molecule has 0 saturated carbocycles. The van der Waals surface area contributed by atoms with Crippen molar-refractivity contribution in [1.29, 1.82) is 0 Å². The average Bonchev–Trinajstić information content (AvgIpc) is 3.43. The van der Waals surface area contributed by atoms with Gasteiger partial charge in [-0.05, 0) is 59.8 Å². The summed E-state index contributed by atoms with van der Waals surface area (Å²) in [5.74, 6) is -0.819. The first kappa shape index (κ1) is 28.3. The van der Waals surface area contributed by atoms with E-state index in [0.29, 0.717) is 28.4 Å². The van der Waals surface area contributed by atoms with Gasteiger partial charge in [-0.15, -0.1) is 0 Å². The molecule has 1 saturated heterocycles. The molecular formula is C34H24N4O5S. The minimum absolute atomic E-state index is 0.0392. The highest BCUT2D eigenvalue weighted by Crippen LogP contribution is 2.38. The van der Waals surface area contributed by atoms with Crippen molar-refractivity contribution in [2.24, 2.45) is 0 Å². The fourth-order valence-electron chi connectivity index (χ4n) is 5.19. The van der Waals surface area contributed by atoms with Crippen molar-refractivity contribution in [3.8, 4) is 34.0 Å². The average molecular weight is 601 g/mol. The van der Waals surface area contributed by atoms with Crippen molar-refractivity contribution >= 4 is 46.6 Å². The Labute approximate surface area is 257 Å². The van der Waals surface area contributed by atoms with E-state index in [4.69, 9.17) is 17.0 Å². The Morgan fingerprint density at radius 1 is 0.841 bits per heavy atom. The lowest BCUT2D eigenvalue weighted by atomic mass is 10.0. The summed E-state index contributed by atoms with van der Waals surface area (Å²) < 4.78 is 7.43. The molecule has 0 atom stereocenters. The van der Waals surface area contributed by atoms with Gasteiger partial charge in [0.25, 0.3) is 17.5 Å². The fourth-order valence-corrected chi connectivity index (χ4v) is 5.46. The fraction of sp³-hybridized carbons (Fsp3) is 0.0294. The third-order valence-electron chi connectivity index (χ3n) is 7.19. The number of ether oxygens (including phenoxy) is 1. The molecule has 1 fully saturated rings. The number of hydrogen-bond donors (Lipinski definition) is 1. The van der Waals surface area contributed by atoms with Gasteiger partial charge >= 0.3 is 0 Å². The van der Waals surface area contributed by atoms with Crippen LogP contribution in [0.5, 0.6) is 5.75 Å². The van der Waals surface area contributed by atoms with Crippen LogP contribution in [0.4, 0.5) is 11.4 Å². The largest absolute Gasteiger partial charge is 0.495 e. The van der Waals surface area contributed by atoms with Crippen LogP contribution in [-0.2, 0) is 9.59 Å². The van der Waals surface area contributed by atoms with Crippen molar-refractivity contribution in [2.45, 2.75) is 0 Å². The summed E-state index contributed by atoms with van der Waals surface area (Å²) in [4.78, 5) is 39.5. The van der Waals surface area contributed by atoms with Crippen LogP contribution < -0.4 is 15.0 Å². The lowest BCUT2D eigenvalue weighted by Gasteiger charge is -2.29. The zero-order valence-electron chi connectivity index (χ0n) is 23.3. The van der Waals surface area contributed by atoms with Crippen LogP contribution >= 0.6 is 12.2 Å². The second kappa shape index (κ2) is 11.8. The number of methoxy groups -OCH3 is 1. The molecule has 216 valence electrons. The maximum atomic E-state index is 14.0. The third kappa shape index (κ3) is 5.14. The van der Waals surface area contributed by atoms with Crippen molar-refractivity contribution in [1.82, 2.24) is 9.88 Å². The number of nitro benzene ring substituents is 1. The van der Waals surface area contributed by atoms with Crippen LogP contribution in [0.1, 0.15) is 5.56 Å². The van der Waals surface area contributed by atoms with Gasteiger partial charge in [-0.25, -0.2) is 4.90 Å². The Hall–Kier alpha value is -5.87. The van der Waals surface area contributed by atoms with Crippen LogP contribution in [0.2, 0.25) is 0 Å². The number of rotatable bonds is 7. The number of aromatic nitrogens is 1. The van der Waals surface area contributed by atoms with Gasteiger partial charge in [0, 0.05) is 23.4 Å². The smallest absolute Gasteiger partial charge is 0.270 e. The summed E-state index contributed by atoms with van der Waals surface area (Å²) in [7, 11) is 1.49. The van der Waals surface area contributed by atoms with Crippen molar-refractivity contribution in [3.63, 3.8) is 0 Å². The molecule has 0 bridgehead atoms. The molecule has 1 N–H and O–H groups in total. The molecule has 6 rings (SSSR count). The Morgan fingerprint density at radius 2 is 1.45 bits per heavy atom. The highest BCUT2D eigenvalue weighted by atomic mass is 32.1. The van der Waals surface area contributed by atoms with E-state index in [1.165, 1.54) is 24.1 Å². The number of benzene rings is 4. The molecule has 2 heterocycles. The number of para-hydroxylation sites is 2. The molecule has 1 aliphatic heterocycles. The van der Waals surface area contributed by atoms with E-state index in [2.05, 4.69) is 5.32 Å². The summed E-state index contributed by atoms with van der Waals surface area (Å²) in [6, 6.07) is 34.2. The minimum Gasteiger partial charge on any atom is -0.495 e. The van der Waals surface area contributed by atoms with E-state index >= 15 is 0 Å². The second-order valence-electron chi connectivity index (χ2n) is 9.80. The molecule has 0 unspecified atom stereocenters. The van der Waals surface area contributed by atoms with Crippen LogP contribution in [0.25, 0.3) is 34.3 Å². The molecule has 5 aromatic rings. The van der Waals surface area contributed by atoms with Gasteiger partial charge in [0.2, 0.25) is 0 Å². The predicted molar refractivity (Wildman–Crippen MR) is 172 cm³/mol. The first-order chi connectivity index (χ1) is 21.4. The number of thiocarbonyl (C=S) groups is 1. The Bertz CT molecular complexity index is 1950. The molecule has 10 heteroatoms. The number of carbonyl (C=O) groups excluding carboxylic acids is 2. The number of nitrogens with one attached hydrogen (secondary N) is 1. The van der Waals surface area contributed by atoms with Crippen LogP contribution in [0.3, 0.4) is 0 Å². The van der Waals surface area contributed by atoms with Crippen molar-refractivity contribution < 1.29 is 19.2 Å². The molecular weight excluding hydrogens is 576 g/mol. The Morgan fingerprint density at radius 3 is 2.09 bits per heavy atom. The number of nitro groups is 1. The summed E-state index contributed by atoms with van der Waals surface area (Å²) in [6.07, 6.45) is 1.55. The molecule has 1 aromatic heterocycles. The lowest BCUT2D eigenvalue weighted by Crippen LogP contribution is -2.54. The number of non-ortho nitro benzene ring substituents is 1. The quantitative estimate of drug-likeness (QED) is 0.0746. The van der Waals surface area contributed by atoms with E-state index in [1.807, 2.05) is 71.3 Å². The minimum atomic E-state index is -0.630. The SMILES string of the molecule is COc1ccccc1N1C(=O)/C(=C\c2cc(-c3ccccc3)n(-c3ccc([N+](=O)[O-])cc3)c2-c2ccccc2)C(=O)NC1=S. The van der Waals surface area contributed by atoms with Gasteiger partial charge < -0.3 is 9.30 Å². The number of nitrogens with zero attached hydrogens (tertiary/aromatic N) is 3. The van der Waals surface area contributed by atoms with Gasteiger partial charge in [0.15, 0.2) is 5.11 Å². The van der Waals surface area contributed by atoms with Crippen LogP contribution in [-0.4, -0.2) is 33.5 Å². The second-order valence-corrected chi connectivity index (χ2v) is 10.2. The molecule has 1 aliphatic rings. The monoisotopic (exact) mass is 600 g/mol. The first-order valence-electron chi connectivity index (χ1n) is 13.5. The standard InChI is InChI=1S/C34H24N4O5S/c1-43-30-15-9-8-14-28(30)37-33(40)27(32(39)35-34(37)44)20-24-21-29(22-10-4-2-5-11-22)36(31(24)23-12-6-3-7-13-23)25-16-18-26(19-17-25)38(41)42/h2-21H,1H3,(H,35,39,44)/b27-20-. The van der Waals surface area contributed by atoms with E-state index in [1.54, 1.807) is 42.5 Å². The molecule has 0 radical (unpaired) electrons. The summed E-state index contributed by atoms with van der Waals surface area (Å²) >= 11 is 5.41. The van der Waals surface area contributed by atoms with E-state index < -0.39 is 16.7 Å². The van der Waals surface area contributed by atoms with Gasteiger partial charge in [0.05, 0.1) is 29.1 Å². The van der Waals surface area contributed by atoms with E-state index in [9.17, 15) is 19.7 Å². The summed E-state index contributed by atoms with van der Waals surface area (Å²) in [5, 5.41) is 14.0. The molecule has 44 heavy (non-hydrogen) atoms. The highest BCUT2D eigenvalue weighted by molar-refractivity contribution is 7.80. The van der Waals surface area contributed by atoms with Crippen LogP contribution in [0.15, 0.2) is 121 Å². The molecule has 0 spiro atoms. The topological polar surface area (TPSA) is 107 Å². The zero-order valence-corrected chi connectivity index (χ0v) is 24.2. The summed E-state index contributed by atoms with van der Waals surface area (Å²) in [6.45, 7) is 0. The van der Waals surface area contributed by atoms with E-state index in [0.717, 1.165) is 16.8 Å². The van der Waals surface area contributed by atoms with Gasteiger partial charge in [-0.1, -0.05) is 72.8 Å². The maximum absolute atomic E-state index is 14.0. The number of amides is 2. The molecule has 0 aliphatic carbocycles. The zero-order chi connectivity index (χ0) is 30.8. The molecule has 9 nitrogen and oxygen atoms in total. The number of anilines is 1. The summed E-state index contributed by atoms with van der Waals surface area (Å²) in [5.41, 5.74) is 4.59. The Kier molecular flexibility index (Phi) is 7.57. The van der Waals surface area contributed by atoms with Crippen molar-refractivity contribution in [2.75, 3.05) is 12.0 Å². The predicted octanol–water partition coefficient (Wildman–Crippen LogP) is 6.56. The lowest BCUT2D eigenvalue weighted by molar-refractivity contribution is -0.384. The van der Waals surface area contributed by atoms with Crippen molar-refractivity contribution in [3.05, 3.63) is 137 Å². The Balaban J connectivity index is 1.60. The normalized spacial score (nSPS) is 14.1. The van der Waals surface area contributed by atoms with Gasteiger partial charge in [0.1, 0.15) is 11.3 Å². The highest BCUT2D eigenvalue weighted by Gasteiger charge is 2.36. The third-order valence-corrected chi connectivity index (χ3v) is 7.48. The number of carbonyl (C=O) groups is 2. The molecule has 2 amide bonds. The maximum Gasteiger partial charge on any atom is 0.270 e. The first-order valence-corrected chi connectivity index (χ1v) is 13.9. The van der Waals surface area contributed by atoms with Gasteiger partial charge in [-0.2, -0.15) is 0 Å². The number of hydrogen-bond acceptors (Lipinski definition) is 6. The van der Waals surface area contributed by atoms with Gasteiger partial charge in [-0.3, -0.25) is 25.0 Å². The van der Waals surface area contributed by atoms with Crippen LogP contribution in [0, 0.1) is 10.1 Å². The molecule has 4 aromatic carbocycles. The van der Waals surface area contributed by atoms with E-state index in [-0.39, 0.29) is 16.4 Å².